The van der Waals surface area contributed by atoms with Crippen LogP contribution in [-0.4, -0.2) is 64.8 Å². The van der Waals surface area contributed by atoms with E-state index in [-0.39, 0.29) is 13.0 Å². The molecule has 0 saturated carbocycles. The van der Waals surface area contributed by atoms with E-state index in [4.69, 9.17) is 14.9 Å². The maximum atomic E-state index is 11.7. The monoisotopic (exact) mass is 532 g/mol. The highest BCUT2D eigenvalue weighted by Crippen LogP contribution is 2.43. The number of carbonyl (C=O) groups excluding carboxylic acids is 1. The molecule has 1 unspecified atom stereocenters. The van der Waals surface area contributed by atoms with Gasteiger partial charge in [-0.1, -0.05) is 68.4 Å². The Hall–Kier alpha value is -1.58. The number of esters is 1. The molecule has 3 atom stereocenters. The van der Waals surface area contributed by atoms with Gasteiger partial charge in [0.25, 0.3) is 0 Å². The number of aliphatic hydroxyl groups excluding tert-OH is 3. The summed E-state index contributed by atoms with van der Waals surface area (Å²) in [6.07, 6.45) is 23.7. The Balaban J connectivity index is 3.74. The van der Waals surface area contributed by atoms with Gasteiger partial charge in [0.05, 0.1) is 19.8 Å². The Morgan fingerprint density at radius 2 is 1.28 bits per heavy atom. The average Bonchev–Trinajstić information content (AvgIpc) is 2.86. The van der Waals surface area contributed by atoms with Crippen molar-refractivity contribution >= 4 is 13.8 Å². The van der Waals surface area contributed by atoms with Gasteiger partial charge in [0.2, 0.25) is 0 Å². The first-order valence-electron chi connectivity index (χ1n) is 12.6. The van der Waals surface area contributed by atoms with E-state index in [1.807, 2.05) is 12.2 Å². The van der Waals surface area contributed by atoms with E-state index in [9.17, 15) is 19.4 Å². The van der Waals surface area contributed by atoms with Crippen LogP contribution in [0, 0.1) is 0 Å². The highest BCUT2D eigenvalue weighted by molar-refractivity contribution is 7.47. The molecule has 0 saturated heterocycles. The summed E-state index contributed by atoms with van der Waals surface area (Å²) in [4.78, 5) is 21.1. The number of rotatable bonds is 23. The summed E-state index contributed by atoms with van der Waals surface area (Å²) in [5, 5.41) is 27.4. The zero-order chi connectivity index (χ0) is 26.9. The van der Waals surface area contributed by atoms with E-state index in [1.54, 1.807) is 0 Å². The number of aliphatic hydroxyl groups is 3. The van der Waals surface area contributed by atoms with Crippen LogP contribution in [0.3, 0.4) is 0 Å². The number of phosphoric ester groups is 1. The van der Waals surface area contributed by atoms with Gasteiger partial charge in [0.1, 0.15) is 18.8 Å². The van der Waals surface area contributed by atoms with Crippen molar-refractivity contribution in [1.29, 1.82) is 0 Å². The number of hydrogen-bond donors (Lipinski definition) is 4. The number of unbranched alkanes of at least 4 members (excludes halogenated alkanes) is 4. The third kappa shape index (κ3) is 24.1. The molecule has 208 valence electrons. The molecular formula is C26H45O9P. The fourth-order valence-corrected chi connectivity index (χ4v) is 3.48. The summed E-state index contributed by atoms with van der Waals surface area (Å²) in [6, 6.07) is 0. The molecule has 0 spiro atoms. The normalized spacial score (nSPS) is 15.8. The van der Waals surface area contributed by atoms with E-state index < -0.39 is 45.8 Å². The van der Waals surface area contributed by atoms with Crippen LogP contribution in [0.5, 0.6) is 0 Å². The minimum absolute atomic E-state index is 0.187. The van der Waals surface area contributed by atoms with Gasteiger partial charge in [-0.05, 0) is 44.9 Å². The Morgan fingerprint density at radius 3 is 1.81 bits per heavy atom. The molecule has 0 radical (unpaired) electrons. The predicted octanol–water partition coefficient (Wildman–Crippen LogP) is 4.52. The fraction of sp³-hybridized carbons (Fsp3) is 0.654. The third-order valence-corrected chi connectivity index (χ3v) is 5.67. The Morgan fingerprint density at radius 1 is 0.778 bits per heavy atom. The van der Waals surface area contributed by atoms with Gasteiger partial charge in [-0.3, -0.25) is 13.8 Å². The number of phosphoric acid groups is 1. The second kappa shape index (κ2) is 23.8. The molecule has 4 N–H and O–H groups in total. The third-order valence-electron chi connectivity index (χ3n) is 4.72. The lowest BCUT2D eigenvalue weighted by molar-refractivity contribution is -0.147. The van der Waals surface area contributed by atoms with Crippen LogP contribution >= 0.6 is 7.82 Å². The van der Waals surface area contributed by atoms with Crippen molar-refractivity contribution in [3.8, 4) is 0 Å². The molecule has 0 bridgehead atoms. The van der Waals surface area contributed by atoms with Gasteiger partial charge >= 0.3 is 13.8 Å². The highest BCUT2D eigenvalue weighted by Gasteiger charge is 2.24. The summed E-state index contributed by atoms with van der Waals surface area (Å²) in [5.74, 6) is -0.487. The van der Waals surface area contributed by atoms with Gasteiger partial charge in [0.15, 0.2) is 0 Å². The zero-order valence-corrected chi connectivity index (χ0v) is 22.3. The standard InChI is InChI=1S/C26H45O9P/c1-2-3-4-5-6-7-8-9-10-11-12-13-14-15-16-17-18-19-26(30)33-21-25(29)23-35-36(31,32)34-22-24(28)20-27/h6-7,9-10,12-13,15-16,24-25,27-29H,2-5,8,11,14,17-23H2,1H3,(H,31,32)/b7-6-,10-9-,13-12-,16-15-/t24-,25+/m0/s1. The molecule has 0 aromatic heterocycles. The van der Waals surface area contributed by atoms with Gasteiger partial charge < -0.3 is 24.9 Å². The van der Waals surface area contributed by atoms with E-state index >= 15 is 0 Å². The largest absolute Gasteiger partial charge is 0.472 e. The van der Waals surface area contributed by atoms with Crippen LogP contribution in [0.15, 0.2) is 48.6 Å². The molecule has 10 heteroatoms. The molecule has 0 aromatic carbocycles. The summed E-state index contributed by atoms with van der Waals surface area (Å²) >= 11 is 0. The number of allylic oxidation sites excluding steroid dienone is 8. The maximum absolute atomic E-state index is 11.7. The first kappa shape index (κ1) is 34.4. The van der Waals surface area contributed by atoms with Crippen LogP contribution in [0.4, 0.5) is 0 Å². The van der Waals surface area contributed by atoms with Crippen molar-refractivity contribution in [2.24, 2.45) is 0 Å². The van der Waals surface area contributed by atoms with Gasteiger partial charge in [-0.25, -0.2) is 4.57 Å². The molecule has 0 aliphatic rings. The van der Waals surface area contributed by atoms with Crippen LogP contribution in [0.2, 0.25) is 0 Å². The van der Waals surface area contributed by atoms with E-state index in [0.717, 1.165) is 25.7 Å². The first-order valence-corrected chi connectivity index (χ1v) is 14.1. The Labute approximate surface area is 215 Å². The SMILES string of the molecule is CCCCC/C=C\C/C=C\C/C=C\C/C=C\CCCC(=O)OC[C@@H](O)COP(=O)(O)OC[C@@H](O)CO. The lowest BCUT2D eigenvalue weighted by atomic mass is 10.2. The molecule has 0 aliphatic carbocycles. The second-order valence-electron chi connectivity index (χ2n) is 8.21. The fourth-order valence-electron chi connectivity index (χ4n) is 2.69. The van der Waals surface area contributed by atoms with Crippen molar-refractivity contribution in [1.82, 2.24) is 0 Å². The smallest absolute Gasteiger partial charge is 0.463 e. The molecule has 0 fully saturated rings. The van der Waals surface area contributed by atoms with Crippen molar-refractivity contribution < 1.29 is 43.4 Å². The topological polar surface area (TPSA) is 143 Å². The van der Waals surface area contributed by atoms with Gasteiger partial charge in [-0.15, -0.1) is 0 Å². The second-order valence-corrected chi connectivity index (χ2v) is 9.67. The molecule has 0 rings (SSSR count). The van der Waals surface area contributed by atoms with E-state index in [2.05, 4.69) is 52.4 Å². The maximum Gasteiger partial charge on any atom is 0.472 e. The molecule has 36 heavy (non-hydrogen) atoms. The van der Waals surface area contributed by atoms with Crippen LogP contribution in [-0.2, 0) is 23.1 Å². The van der Waals surface area contributed by atoms with Gasteiger partial charge in [-0.2, -0.15) is 0 Å². The number of hydrogen-bond acceptors (Lipinski definition) is 8. The Kier molecular flexibility index (Phi) is 22.8. The first-order chi connectivity index (χ1) is 17.3. The molecule has 9 nitrogen and oxygen atoms in total. The lowest BCUT2D eigenvalue weighted by Crippen LogP contribution is -2.24. The van der Waals surface area contributed by atoms with Crippen LogP contribution in [0.1, 0.15) is 71.1 Å². The molecule has 0 aromatic rings. The summed E-state index contributed by atoms with van der Waals surface area (Å²) in [7, 11) is -4.50. The highest BCUT2D eigenvalue weighted by atomic mass is 31.2. The number of ether oxygens (including phenoxy) is 1. The Bertz CT molecular complexity index is 704. The van der Waals surface area contributed by atoms with Crippen molar-refractivity contribution in [3.63, 3.8) is 0 Å². The lowest BCUT2D eigenvalue weighted by Gasteiger charge is -2.16. The summed E-state index contributed by atoms with van der Waals surface area (Å²) < 4.78 is 25.5. The zero-order valence-electron chi connectivity index (χ0n) is 21.5. The molecule has 0 heterocycles. The summed E-state index contributed by atoms with van der Waals surface area (Å²) in [5.41, 5.74) is 0. The molecule has 0 amide bonds. The van der Waals surface area contributed by atoms with Crippen LogP contribution < -0.4 is 0 Å². The van der Waals surface area contributed by atoms with Crippen molar-refractivity contribution in [2.45, 2.75) is 83.3 Å². The van der Waals surface area contributed by atoms with E-state index in [0.29, 0.717) is 6.42 Å². The van der Waals surface area contributed by atoms with Crippen LogP contribution in [0.25, 0.3) is 0 Å². The van der Waals surface area contributed by atoms with Crippen molar-refractivity contribution in [2.75, 3.05) is 26.4 Å². The minimum Gasteiger partial charge on any atom is -0.463 e. The summed E-state index contributed by atoms with van der Waals surface area (Å²) in [6.45, 7) is -0.0139. The predicted molar refractivity (Wildman–Crippen MR) is 140 cm³/mol. The molecule has 0 aliphatic heterocycles. The van der Waals surface area contributed by atoms with Crippen molar-refractivity contribution in [3.05, 3.63) is 48.6 Å². The van der Waals surface area contributed by atoms with E-state index in [1.165, 1.54) is 25.7 Å². The van der Waals surface area contributed by atoms with Gasteiger partial charge in [0, 0.05) is 6.42 Å². The number of carbonyl (C=O) groups is 1. The quantitative estimate of drug-likeness (QED) is 0.0646. The molecular weight excluding hydrogens is 487 g/mol. The average molecular weight is 533 g/mol. The minimum atomic E-state index is -4.50.